The number of aromatic nitrogens is 3. The van der Waals surface area contributed by atoms with Crippen LogP contribution in [-0.4, -0.2) is 26.2 Å². The number of aryl methyl sites for hydroxylation is 2. The maximum atomic E-state index is 6.23. The zero-order chi connectivity index (χ0) is 19.8. The molecule has 3 aromatic rings. The van der Waals surface area contributed by atoms with Gasteiger partial charge in [-0.15, -0.1) is 11.8 Å². The second-order valence-corrected chi connectivity index (χ2v) is 8.90. The molecule has 2 aromatic heterocycles. The van der Waals surface area contributed by atoms with Crippen LogP contribution in [0, 0.1) is 12.8 Å². The van der Waals surface area contributed by atoms with Gasteiger partial charge in [-0.2, -0.15) is 5.10 Å². The molecule has 4 rings (SSSR count). The molecule has 0 aliphatic carbocycles. The summed E-state index contributed by atoms with van der Waals surface area (Å²) in [5.41, 5.74) is 6.53. The fraction of sp³-hybridized carbons (Fsp3) is 0.318. The van der Waals surface area contributed by atoms with Crippen molar-refractivity contribution in [2.45, 2.75) is 26.0 Å². The Bertz CT molecular complexity index is 1040. The Morgan fingerprint density at radius 2 is 2.04 bits per heavy atom. The fourth-order valence-electron chi connectivity index (χ4n) is 3.49. The van der Waals surface area contributed by atoms with Gasteiger partial charge in [-0.3, -0.25) is 9.67 Å². The maximum absolute atomic E-state index is 6.23. The van der Waals surface area contributed by atoms with Crippen molar-refractivity contribution in [1.82, 2.24) is 14.8 Å². The van der Waals surface area contributed by atoms with E-state index in [2.05, 4.69) is 31.8 Å². The third-order valence-electron chi connectivity index (χ3n) is 5.05. The van der Waals surface area contributed by atoms with E-state index in [1.165, 1.54) is 16.8 Å². The standard InChI is InChI=1S/C22H23ClN4S/c1-13(2)18-12-28-21(16-9-8-15(23)11-14(16)3)19-20(17-7-5-6-10-24-17)26-27(4)22(19)25-18/h5-11,13,21H,12H2,1-4H3. The summed E-state index contributed by atoms with van der Waals surface area (Å²) in [6, 6.07) is 12.1. The van der Waals surface area contributed by atoms with Crippen LogP contribution in [0.2, 0.25) is 5.02 Å². The molecule has 0 radical (unpaired) electrons. The van der Waals surface area contributed by atoms with Gasteiger partial charge in [0, 0.05) is 35.3 Å². The third kappa shape index (κ3) is 3.49. The number of hydrogen-bond acceptors (Lipinski definition) is 4. The van der Waals surface area contributed by atoms with Gasteiger partial charge < -0.3 is 0 Å². The van der Waals surface area contributed by atoms with Crippen LogP contribution in [0.15, 0.2) is 47.6 Å². The van der Waals surface area contributed by atoms with Crippen molar-refractivity contribution >= 4 is 34.9 Å². The smallest absolute Gasteiger partial charge is 0.155 e. The lowest BCUT2D eigenvalue weighted by Gasteiger charge is -2.19. The van der Waals surface area contributed by atoms with Gasteiger partial charge in [-0.25, -0.2) is 4.99 Å². The minimum absolute atomic E-state index is 0.123. The molecule has 3 heterocycles. The highest BCUT2D eigenvalue weighted by Gasteiger charge is 2.31. The minimum Gasteiger partial charge on any atom is -0.255 e. The Balaban J connectivity index is 1.96. The van der Waals surface area contributed by atoms with Gasteiger partial charge in [0.2, 0.25) is 0 Å². The fourth-order valence-corrected chi connectivity index (χ4v) is 5.28. The van der Waals surface area contributed by atoms with Crippen molar-refractivity contribution in [3.8, 4) is 11.4 Å². The number of nitrogens with zero attached hydrogens (tertiary/aromatic N) is 4. The number of pyridine rings is 1. The van der Waals surface area contributed by atoms with Gasteiger partial charge in [0.1, 0.15) is 5.69 Å². The van der Waals surface area contributed by atoms with E-state index < -0.39 is 0 Å². The maximum Gasteiger partial charge on any atom is 0.155 e. The molecule has 0 saturated heterocycles. The molecule has 1 unspecified atom stereocenters. The number of benzene rings is 1. The Morgan fingerprint density at radius 1 is 1.21 bits per heavy atom. The van der Waals surface area contributed by atoms with Crippen LogP contribution < -0.4 is 0 Å². The molecule has 0 amide bonds. The van der Waals surface area contributed by atoms with Gasteiger partial charge in [0.25, 0.3) is 0 Å². The van der Waals surface area contributed by atoms with E-state index in [-0.39, 0.29) is 5.25 Å². The summed E-state index contributed by atoms with van der Waals surface area (Å²) in [6.45, 7) is 6.51. The minimum atomic E-state index is 0.123. The molecule has 144 valence electrons. The summed E-state index contributed by atoms with van der Waals surface area (Å²) in [4.78, 5) is 9.61. The summed E-state index contributed by atoms with van der Waals surface area (Å²) in [6.07, 6.45) is 1.81. The van der Waals surface area contributed by atoms with E-state index in [4.69, 9.17) is 21.7 Å². The zero-order valence-corrected chi connectivity index (χ0v) is 18.1. The lowest BCUT2D eigenvalue weighted by molar-refractivity contribution is 0.769. The predicted molar refractivity (Wildman–Crippen MR) is 119 cm³/mol. The molecule has 6 heteroatoms. The van der Waals surface area contributed by atoms with Crippen molar-refractivity contribution in [2.24, 2.45) is 18.0 Å². The number of fused-ring (bicyclic) bond motifs is 1. The van der Waals surface area contributed by atoms with Crippen molar-refractivity contribution in [3.05, 3.63) is 64.3 Å². The van der Waals surface area contributed by atoms with Gasteiger partial charge >= 0.3 is 0 Å². The first-order chi connectivity index (χ1) is 13.5. The van der Waals surface area contributed by atoms with Crippen molar-refractivity contribution in [2.75, 3.05) is 5.75 Å². The quantitative estimate of drug-likeness (QED) is 0.531. The van der Waals surface area contributed by atoms with Gasteiger partial charge in [-0.05, 0) is 48.2 Å². The second-order valence-electron chi connectivity index (χ2n) is 7.37. The lowest BCUT2D eigenvalue weighted by atomic mass is 9.98. The zero-order valence-electron chi connectivity index (χ0n) is 16.5. The highest BCUT2D eigenvalue weighted by Crippen LogP contribution is 2.48. The number of thioether (sulfide) groups is 1. The van der Waals surface area contributed by atoms with Crippen molar-refractivity contribution < 1.29 is 0 Å². The van der Waals surface area contributed by atoms with E-state index in [0.717, 1.165) is 33.5 Å². The summed E-state index contributed by atoms with van der Waals surface area (Å²) >= 11 is 8.13. The molecule has 4 nitrogen and oxygen atoms in total. The van der Waals surface area contributed by atoms with Crippen LogP contribution in [0.1, 0.15) is 35.8 Å². The van der Waals surface area contributed by atoms with E-state index >= 15 is 0 Å². The average Bonchev–Trinajstić information content (AvgIpc) is 2.86. The first kappa shape index (κ1) is 19.2. The molecular formula is C22H23ClN4S. The number of rotatable bonds is 3. The lowest BCUT2D eigenvalue weighted by Crippen LogP contribution is -2.11. The van der Waals surface area contributed by atoms with E-state index in [1.807, 2.05) is 60.0 Å². The predicted octanol–water partition coefficient (Wildman–Crippen LogP) is 6.01. The third-order valence-corrected chi connectivity index (χ3v) is 6.57. The average molecular weight is 411 g/mol. The number of hydrogen-bond donors (Lipinski definition) is 0. The van der Waals surface area contributed by atoms with E-state index in [1.54, 1.807) is 0 Å². The summed E-state index contributed by atoms with van der Waals surface area (Å²) in [5, 5.41) is 5.71. The van der Waals surface area contributed by atoms with Crippen LogP contribution >= 0.6 is 23.4 Å². The topological polar surface area (TPSA) is 43.1 Å². The Morgan fingerprint density at radius 3 is 2.71 bits per heavy atom. The summed E-state index contributed by atoms with van der Waals surface area (Å²) < 4.78 is 1.89. The van der Waals surface area contributed by atoms with Crippen LogP contribution in [0.5, 0.6) is 0 Å². The van der Waals surface area contributed by atoms with Gasteiger partial charge in [0.15, 0.2) is 5.82 Å². The van der Waals surface area contributed by atoms with Gasteiger partial charge in [0.05, 0.1) is 10.9 Å². The summed E-state index contributed by atoms with van der Waals surface area (Å²) in [7, 11) is 1.97. The highest BCUT2D eigenvalue weighted by molar-refractivity contribution is 8.00. The second kappa shape index (κ2) is 7.72. The van der Waals surface area contributed by atoms with E-state index in [9.17, 15) is 0 Å². The van der Waals surface area contributed by atoms with Crippen LogP contribution in [0.4, 0.5) is 5.82 Å². The Hall–Kier alpha value is -2.11. The molecule has 0 bridgehead atoms. The monoisotopic (exact) mass is 410 g/mol. The molecular weight excluding hydrogens is 388 g/mol. The van der Waals surface area contributed by atoms with Crippen LogP contribution in [0.3, 0.4) is 0 Å². The number of halogens is 1. The molecule has 1 aliphatic heterocycles. The Labute approximate surface area is 175 Å². The molecule has 0 spiro atoms. The van der Waals surface area contributed by atoms with Crippen molar-refractivity contribution in [1.29, 1.82) is 0 Å². The SMILES string of the molecule is Cc1cc(Cl)ccc1C1SCC(C(C)C)=Nc2c1c(-c1ccccn1)nn2C. The van der Waals surface area contributed by atoms with Crippen molar-refractivity contribution in [3.63, 3.8) is 0 Å². The van der Waals surface area contributed by atoms with E-state index in [0.29, 0.717) is 5.92 Å². The molecule has 1 atom stereocenters. The molecule has 1 aliphatic rings. The highest BCUT2D eigenvalue weighted by atomic mass is 35.5. The van der Waals surface area contributed by atoms with Crippen LogP contribution in [-0.2, 0) is 7.05 Å². The normalized spacial score (nSPS) is 16.6. The first-order valence-corrected chi connectivity index (χ1v) is 10.8. The number of aliphatic imine (C=N–C) groups is 1. The largest absolute Gasteiger partial charge is 0.255 e. The molecule has 0 saturated carbocycles. The molecule has 0 fully saturated rings. The summed E-state index contributed by atoms with van der Waals surface area (Å²) in [5.74, 6) is 2.20. The Kier molecular flexibility index (Phi) is 5.30. The van der Waals surface area contributed by atoms with Crippen LogP contribution in [0.25, 0.3) is 11.4 Å². The first-order valence-electron chi connectivity index (χ1n) is 9.39. The van der Waals surface area contributed by atoms with Gasteiger partial charge in [-0.1, -0.05) is 37.6 Å². The molecule has 0 N–H and O–H groups in total. The molecule has 1 aromatic carbocycles. The molecule has 28 heavy (non-hydrogen) atoms.